The number of H-pyrrole nitrogens is 1. The van der Waals surface area contributed by atoms with E-state index in [-0.39, 0.29) is 5.91 Å². The van der Waals surface area contributed by atoms with E-state index in [1.807, 2.05) is 30.3 Å². The summed E-state index contributed by atoms with van der Waals surface area (Å²) in [6, 6.07) is 9.95. The Hall–Kier alpha value is -1.77. The van der Waals surface area contributed by atoms with Gasteiger partial charge in [-0.15, -0.1) is 0 Å². The lowest BCUT2D eigenvalue weighted by Gasteiger charge is -2.15. The smallest absolute Gasteiger partial charge is 0.267 e. The largest absolute Gasteiger partial charge is 0.351 e. The van der Waals surface area contributed by atoms with Crippen LogP contribution in [0.4, 0.5) is 0 Å². The van der Waals surface area contributed by atoms with Gasteiger partial charge in [0.1, 0.15) is 5.69 Å². The Balaban J connectivity index is 1.44. The molecule has 2 aliphatic carbocycles. The molecule has 4 rings (SSSR count). The van der Waals surface area contributed by atoms with Crippen molar-refractivity contribution >= 4 is 16.8 Å². The zero-order valence-electron chi connectivity index (χ0n) is 11.6. The Morgan fingerprint density at radius 1 is 1.20 bits per heavy atom. The first-order valence-electron chi connectivity index (χ1n) is 7.67. The first kappa shape index (κ1) is 12.0. The minimum Gasteiger partial charge on any atom is -0.351 e. The predicted molar refractivity (Wildman–Crippen MR) is 79.6 cm³/mol. The molecule has 1 heterocycles. The Kier molecular flexibility index (Phi) is 2.79. The van der Waals surface area contributed by atoms with Crippen LogP contribution >= 0.6 is 0 Å². The van der Waals surface area contributed by atoms with Gasteiger partial charge in [0, 0.05) is 17.4 Å². The molecule has 2 aliphatic rings. The summed E-state index contributed by atoms with van der Waals surface area (Å²) in [5.41, 5.74) is 1.70. The maximum atomic E-state index is 12.3. The van der Waals surface area contributed by atoms with E-state index in [9.17, 15) is 4.79 Å². The van der Waals surface area contributed by atoms with Crippen molar-refractivity contribution in [1.82, 2.24) is 10.3 Å². The summed E-state index contributed by atoms with van der Waals surface area (Å²) in [7, 11) is 0. The van der Waals surface area contributed by atoms with E-state index in [0.717, 1.165) is 35.2 Å². The Labute approximate surface area is 118 Å². The van der Waals surface area contributed by atoms with Crippen molar-refractivity contribution in [1.29, 1.82) is 0 Å². The molecule has 0 radical (unpaired) electrons. The van der Waals surface area contributed by atoms with Crippen LogP contribution in [0, 0.1) is 17.8 Å². The summed E-state index contributed by atoms with van der Waals surface area (Å²) in [5, 5.41) is 4.23. The lowest BCUT2D eigenvalue weighted by Crippen LogP contribution is -2.31. The van der Waals surface area contributed by atoms with Crippen LogP contribution in [0.2, 0.25) is 0 Å². The van der Waals surface area contributed by atoms with Gasteiger partial charge in [-0.1, -0.05) is 18.2 Å². The molecule has 104 valence electrons. The Morgan fingerprint density at radius 3 is 2.55 bits per heavy atom. The first-order valence-corrected chi connectivity index (χ1v) is 7.67. The number of hydrogen-bond acceptors (Lipinski definition) is 1. The van der Waals surface area contributed by atoms with Crippen molar-refractivity contribution in [2.45, 2.75) is 25.7 Å². The number of aromatic amines is 1. The summed E-state index contributed by atoms with van der Waals surface area (Å²) < 4.78 is 0. The van der Waals surface area contributed by atoms with Crippen LogP contribution in [0.15, 0.2) is 30.3 Å². The maximum Gasteiger partial charge on any atom is 0.267 e. The van der Waals surface area contributed by atoms with Gasteiger partial charge in [-0.3, -0.25) is 4.79 Å². The van der Waals surface area contributed by atoms with Gasteiger partial charge in [-0.25, -0.2) is 0 Å². The highest BCUT2D eigenvalue weighted by molar-refractivity contribution is 5.97. The van der Waals surface area contributed by atoms with Gasteiger partial charge >= 0.3 is 0 Å². The van der Waals surface area contributed by atoms with Crippen LogP contribution in [0.3, 0.4) is 0 Å². The third-order valence-electron chi connectivity index (χ3n) is 4.73. The lowest BCUT2D eigenvalue weighted by atomic mass is 9.98. The van der Waals surface area contributed by atoms with E-state index in [0.29, 0.717) is 5.69 Å². The topological polar surface area (TPSA) is 44.9 Å². The molecule has 3 heteroatoms. The first-order chi connectivity index (χ1) is 9.81. The fourth-order valence-corrected chi connectivity index (χ4v) is 3.27. The number of rotatable bonds is 5. The van der Waals surface area contributed by atoms with Crippen LogP contribution < -0.4 is 5.32 Å². The monoisotopic (exact) mass is 268 g/mol. The molecule has 2 saturated carbocycles. The van der Waals surface area contributed by atoms with Gasteiger partial charge in [-0.05, 0) is 55.6 Å². The third kappa shape index (κ3) is 2.33. The SMILES string of the molecule is O=C(NCC(C1CC1)C1CC1)c1cc2ccccc2[nH]1. The van der Waals surface area contributed by atoms with Crippen LogP contribution in [0.25, 0.3) is 10.9 Å². The maximum absolute atomic E-state index is 12.3. The molecular weight excluding hydrogens is 248 g/mol. The van der Waals surface area contributed by atoms with Crippen molar-refractivity contribution in [3.05, 3.63) is 36.0 Å². The van der Waals surface area contributed by atoms with Gasteiger partial charge in [0.2, 0.25) is 0 Å². The highest BCUT2D eigenvalue weighted by atomic mass is 16.1. The van der Waals surface area contributed by atoms with Crippen LogP contribution in [0.1, 0.15) is 36.2 Å². The molecule has 0 spiro atoms. The molecule has 1 aromatic carbocycles. The van der Waals surface area contributed by atoms with Gasteiger partial charge < -0.3 is 10.3 Å². The van der Waals surface area contributed by atoms with E-state index >= 15 is 0 Å². The molecule has 2 N–H and O–H groups in total. The third-order valence-corrected chi connectivity index (χ3v) is 4.73. The molecule has 2 fully saturated rings. The second-order valence-electron chi connectivity index (χ2n) is 6.32. The fourth-order valence-electron chi connectivity index (χ4n) is 3.27. The summed E-state index contributed by atoms with van der Waals surface area (Å²) >= 11 is 0. The number of benzene rings is 1. The Morgan fingerprint density at radius 2 is 1.90 bits per heavy atom. The quantitative estimate of drug-likeness (QED) is 0.858. The number of carbonyl (C=O) groups is 1. The predicted octanol–water partition coefficient (Wildman–Crippen LogP) is 3.33. The van der Waals surface area contributed by atoms with Crippen molar-refractivity contribution in [3.63, 3.8) is 0 Å². The summed E-state index contributed by atoms with van der Waals surface area (Å²) in [5.74, 6) is 2.52. The van der Waals surface area contributed by atoms with E-state index in [1.165, 1.54) is 25.7 Å². The summed E-state index contributed by atoms with van der Waals surface area (Å²) in [4.78, 5) is 15.5. The van der Waals surface area contributed by atoms with E-state index < -0.39 is 0 Å². The Bertz CT molecular complexity index is 592. The van der Waals surface area contributed by atoms with Crippen molar-refractivity contribution in [2.75, 3.05) is 6.54 Å². The van der Waals surface area contributed by atoms with Crippen molar-refractivity contribution in [2.24, 2.45) is 17.8 Å². The van der Waals surface area contributed by atoms with Gasteiger partial charge in [0.15, 0.2) is 0 Å². The number of amides is 1. The standard InChI is InChI=1S/C17H20N2O/c20-17(16-9-13-3-1-2-4-15(13)19-16)18-10-14(11-5-6-11)12-7-8-12/h1-4,9,11-12,14,19H,5-8,10H2,(H,18,20). The minimum absolute atomic E-state index is 0.0347. The normalized spacial score (nSPS) is 18.6. The van der Waals surface area contributed by atoms with Crippen molar-refractivity contribution in [3.8, 4) is 0 Å². The number of nitrogens with one attached hydrogen (secondary N) is 2. The second-order valence-corrected chi connectivity index (χ2v) is 6.32. The second kappa shape index (κ2) is 4.65. The number of para-hydroxylation sites is 1. The number of aromatic nitrogens is 1. The summed E-state index contributed by atoms with van der Waals surface area (Å²) in [6.45, 7) is 0.851. The van der Waals surface area contributed by atoms with Crippen LogP contribution in [-0.2, 0) is 0 Å². The van der Waals surface area contributed by atoms with Gasteiger partial charge in [0.25, 0.3) is 5.91 Å². The average molecular weight is 268 g/mol. The molecule has 0 unspecified atom stereocenters. The highest BCUT2D eigenvalue weighted by Crippen LogP contribution is 2.48. The minimum atomic E-state index is 0.0347. The molecule has 3 nitrogen and oxygen atoms in total. The molecule has 20 heavy (non-hydrogen) atoms. The van der Waals surface area contributed by atoms with Gasteiger partial charge in [0.05, 0.1) is 0 Å². The van der Waals surface area contributed by atoms with Crippen LogP contribution in [-0.4, -0.2) is 17.4 Å². The highest BCUT2D eigenvalue weighted by Gasteiger charge is 2.41. The molecule has 0 atom stereocenters. The van der Waals surface area contributed by atoms with E-state index in [1.54, 1.807) is 0 Å². The lowest BCUT2D eigenvalue weighted by molar-refractivity contribution is 0.0939. The number of fused-ring (bicyclic) bond motifs is 1. The van der Waals surface area contributed by atoms with E-state index in [4.69, 9.17) is 0 Å². The molecule has 1 aromatic heterocycles. The van der Waals surface area contributed by atoms with Gasteiger partial charge in [-0.2, -0.15) is 0 Å². The zero-order chi connectivity index (χ0) is 13.5. The molecular formula is C17H20N2O. The van der Waals surface area contributed by atoms with Crippen molar-refractivity contribution < 1.29 is 4.79 Å². The molecule has 0 bridgehead atoms. The molecule has 2 aromatic rings. The van der Waals surface area contributed by atoms with Crippen LogP contribution in [0.5, 0.6) is 0 Å². The zero-order valence-corrected chi connectivity index (χ0v) is 11.6. The molecule has 1 amide bonds. The molecule has 0 aliphatic heterocycles. The van der Waals surface area contributed by atoms with E-state index in [2.05, 4.69) is 10.3 Å². The summed E-state index contributed by atoms with van der Waals surface area (Å²) in [6.07, 6.45) is 5.46. The molecule has 0 saturated heterocycles. The number of carbonyl (C=O) groups excluding carboxylic acids is 1. The fraction of sp³-hybridized carbons (Fsp3) is 0.471. The number of hydrogen-bond donors (Lipinski definition) is 2. The average Bonchev–Trinajstić information content (AvgIpc) is 3.37.